The lowest BCUT2D eigenvalue weighted by Gasteiger charge is -2.28. The molecule has 0 atom stereocenters. The van der Waals surface area contributed by atoms with Gasteiger partial charge in [-0.25, -0.2) is 0 Å². The Morgan fingerprint density at radius 1 is 1.00 bits per heavy atom. The van der Waals surface area contributed by atoms with Gasteiger partial charge >= 0.3 is 0 Å². The molecule has 1 fully saturated rings. The van der Waals surface area contributed by atoms with Gasteiger partial charge in [-0.05, 0) is 53.0 Å². The maximum atomic E-state index is 13.1. The van der Waals surface area contributed by atoms with E-state index in [0.29, 0.717) is 65.7 Å². The van der Waals surface area contributed by atoms with Crippen LogP contribution in [-0.4, -0.2) is 59.3 Å². The number of carbonyl (C=O) groups excluding carboxylic acids is 2. The molecule has 3 aromatic rings. The van der Waals surface area contributed by atoms with E-state index in [1.807, 2.05) is 18.2 Å². The van der Waals surface area contributed by atoms with Crippen molar-refractivity contribution in [2.75, 3.05) is 43.5 Å². The first-order valence-electron chi connectivity index (χ1n) is 14.6. The Kier molecular flexibility index (Phi) is 9.03. The topological polar surface area (TPSA) is 122 Å². The normalized spacial score (nSPS) is 15.2. The number of carbonyl (C=O) groups is 2. The van der Waals surface area contributed by atoms with E-state index in [1.165, 1.54) is 4.57 Å². The highest BCUT2D eigenvalue weighted by molar-refractivity contribution is 6.05. The van der Waals surface area contributed by atoms with Gasteiger partial charge < -0.3 is 34.7 Å². The van der Waals surface area contributed by atoms with Crippen molar-refractivity contribution in [3.8, 4) is 11.1 Å². The quantitative estimate of drug-likeness (QED) is 0.373. The number of nitrogens with one attached hydrogen (secondary N) is 2. The summed E-state index contributed by atoms with van der Waals surface area (Å²) >= 11 is 0. The van der Waals surface area contributed by atoms with Crippen LogP contribution in [0.5, 0.6) is 0 Å². The molecule has 0 bridgehead atoms. The summed E-state index contributed by atoms with van der Waals surface area (Å²) < 4.78 is 12.5. The number of hydrogen-bond donors (Lipinski definition) is 3. The van der Waals surface area contributed by atoms with Crippen molar-refractivity contribution in [1.82, 2.24) is 9.47 Å². The van der Waals surface area contributed by atoms with E-state index in [-0.39, 0.29) is 41.7 Å². The van der Waals surface area contributed by atoms with Gasteiger partial charge in [0.1, 0.15) is 12.3 Å². The van der Waals surface area contributed by atoms with E-state index < -0.39 is 0 Å². The van der Waals surface area contributed by atoms with Crippen molar-refractivity contribution in [3.05, 3.63) is 105 Å². The average molecular weight is 599 g/mol. The second kappa shape index (κ2) is 12.9. The fourth-order valence-corrected chi connectivity index (χ4v) is 5.15. The second-order valence-electron chi connectivity index (χ2n) is 11.9. The lowest BCUT2D eigenvalue weighted by atomic mass is 9.86. The molecule has 1 aromatic heterocycles. The highest BCUT2D eigenvalue weighted by Crippen LogP contribution is 2.31. The van der Waals surface area contributed by atoms with Crippen molar-refractivity contribution in [2.45, 2.75) is 32.8 Å². The number of hydrogen-bond acceptors (Lipinski definition) is 7. The number of ether oxygens (including phenoxy) is 2. The summed E-state index contributed by atoms with van der Waals surface area (Å²) in [6.07, 6.45) is 5.01. The van der Waals surface area contributed by atoms with E-state index in [9.17, 15) is 19.5 Å². The summed E-state index contributed by atoms with van der Waals surface area (Å²) in [4.78, 5) is 40.7. The summed E-state index contributed by atoms with van der Waals surface area (Å²) in [5.74, 6) is -0.0494. The number of aliphatic hydroxyl groups is 1. The molecule has 0 saturated carbocycles. The Labute approximate surface area is 256 Å². The Morgan fingerprint density at radius 3 is 2.36 bits per heavy atom. The number of aliphatic hydroxyl groups excluding tert-OH is 1. The minimum absolute atomic E-state index is 0.0295. The van der Waals surface area contributed by atoms with E-state index in [1.54, 1.807) is 60.6 Å². The monoisotopic (exact) mass is 598 g/mol. The van der Waals surface area contributed by atoms with E-state index in [2.05, 4.69) is 31.4 Å². The fourth-order valence-electron chi connectivity index (χ4n) is 5.15. The van der Waals surface area contributed by atoms with Gasteiger partial charge in [-0.2, -0.15) is 0 Å². The van der Waals surface area contributed by atoms with Crippen molar-refractivity contribution < 1.29 is 24.2 Å². The lowest BCUT2D eigenvalue weighted by molar-refractivity contribution is -0.131. The number of benzene rings is 2. The van der Waals surface area contributed by atoms with Gasteiger partial charge in [0.25, 0.3) is 17.4 Å². The van der Waals surface area contributed by atoms with Gasteiger partial charge in [0.05, 0.1) is 25.4 Å². The number of aromatic nitrogens is 1. The zero-order chi connectivity index (χ0) is 31.4. The Balaban J connectivity index is 1.37. The summed E-state index contributed by atoms with van der Waals surface area (Å²) in [5.41, 5.74) is 4.38. The zero-order valence-corrected chi connectivity index (χ0v) is 25.5. The highest BCUT2D eigenvalue weighted by Gasteiger charge is 2.23. The number of nitrogens with zero attached hydrogens (tertiary/aromatic N) is 2. The molecule has 10 nitrogen and oxygen atoms in total. The molecule has 0 spiro atoms. The Bertz CT molecular complexity index is 1680. The van der Waals surface area contributed by atoms with Crippen LogP contribution in [-0.2, 0) is 33.3 Å². The van der Waals surface area contributed by atoms with Crippen molar-refractivity contribution in [2.24, 2.45) is 7.05 Å². The third kappa shape index (κ3) is 6.77. The van der Waals surface area contributed by atoms with Crippen LogP contribution >= 0.6 is 0 Å². The van der Waals surface area contributed by atoms with Crippen LogP contribution in [0.2, 0.25) is 0 Å². The third-order valence-corrected chi connectivity index (χ3v) is 7.74. The van der Waals surface area contributed by atoms with Crippen molar-refractivity contribution in [1.29, 1.82) is 0 Å². The maximum Gasteiger partial charge on any atom is 0.274 e. The van der Waals surface area contributed by atoms with Crippen LogP contribution < -0.4 is 16.2 Å². The van der Waals surface area contributed by atoms with Crippen LogP contribution in [0, 0.1) is 0 Å². The van der Waals surface area contributed by atoms with Gasteiger partial charge in [0, 0.05) is 48.7 Å². The molecular weight excluding hydrogens is 560 g/mol. The molecule has 3 heterocycles. The minimum atomic E-state index is -0.334. The van der Waals surface area contributed by atoms with Gasteiger partial charge in [-0.3, -0.25) is 14.4 Å². The average Bonchev–Trinajstić information content (AvgIpc) is 3.03. The summed E-state index contributed by atoms with van der Waals surface area (Å²) in [7, 11) is 1.64. The first-order valence-corrected chi connectivity index (χ1v) is 14.6. The second-order valence-corrected chi connectivity index (χ2v) is 11.9. The lowest BCUT2D eigenvalue weighted by Crippen LogP contribution is -2.42. The smallest absolute Gasteiger partial charge is 0.274 e. The van der Waals surface area contributed by atoms with Crippen LogP contribution in [0.3, 0.4) is 0 Å². The molecule has 2 amide bonds. The Morgan fingerprint density at radius 2 is 1.73 bits per heavy atom. The zero-order valence-electron chi connectivity index (χ0n) is 25.5. The first kappa shape index (κ1) is 30.8. The number of rotatable bonds is 7. The molecule has 2 aliphatic rings. The Hall–Kier alpha value is -4.67. The summed E-state index contributed by atoms with van der Waals surface area (Å²) in [6.45, 7) is 8.19. The molecule has 0 aliphatic carbocycles. The summed E-state index contributed by atoms with van der Waals surface area (Å²) in [6, 6.07) is 14.5. The summed E-state index contributed by atoms with van der Waals surface area (Å²) in [5, 5.41) is 16.4. The van der Waals surface area contributed by atoms with E-state index >= 15 is 0 Å². The van der Waals surface area contributed by atoms with Gasteiger partial charge in [0.2, 0.25) is 0 Å². The molecule has 230 valence electrons. The molecule has 2 aliphatic heterocycles. The molecule has 44 heavy (non-hydrogen) atoms. The third-order valence-electron chi connectivity index (χ3n) is 7.74. The van der Waals surface area contributed by atoms with Crippen LogP contribution in [0.1, 0.15) is 42.3 Å². The molecule has 0 unspecified atom stereocenters. The molecule has 2 aromatic carbocycles. The molecule has 1 saturated heterocycles. The number of amides is 2. The minimum Gasteiger partial charge on any atom is -0.474 e. The first-order chi connectivity index (χ1) is 21.0. The molecule has 5 rings (SSSR count). The van der Waals surface area contributed by atoms with Gasteiger partial charge in [-0.15, -0.1) is 0 Å². The fraction of sp³-hybridized carbons (Fsp3) is 0.324. The van der Waals surface area contributed by atoms with Crippen LogP contribution in [0.15, 0.2) is 83.1 Å². The van der Waals surface area contributed by atoms with Gasteiger partial charge in [-0.1, -0.05) is 45.0 Å². The predicted molar refractivity (Wildman–Crippen MR) is 169 cm³/mol. The maximum absolute atomic E-state index is 13.1. The number of anilines is 2. The van der Waals surface area contributed by atoms with E-state index in [0.717, 1.165) is 5.56 Å². The number of pyridine rings is 1. The molecular formula is C34H38N4O6. The number of morpholine rings is 1. The van der Waals surface area contributed by atoms with Crippen LogP contribution in [0.4, 0.5) is 11.4 Å². The molecule has 3 N–H and O–H groups in total. The number of allylic oxidation sites excluding steroid dienone is 2. The van der Waals surface area contributed by atoms with Crippen molar-refractivity contribution in [3.63, 3.8) is 0 Å². The van der Waals surface area contributed by atoms with Gasteiger partial charge in [0.15, 0.2) is 5.88 Å². The van der Waals surface area contributed by atoms with E-state index in [4.69, 9.17) is 9.47 Å². The highest BCUT2D eigenvalue weighted by atomic mass is 16.5. The predicted octanol–water partition coefficient (Wildman–Crippen LogP) is 4.16. The largest absolute Gasteiger partial charge is 0.474 e. The molecule has 10 heteroatoms. The standard InChI is InChI=1S/C34H38N4O6/c1-34(2,3)25-11-8-22(9-12-25)31(40)36-28-7-5-6-26(27(28)20-39)24-18-29(33(42)37(4)19-24)35-30-13-10-23(21-44-30)32(41)38-14-16-43-17-15-38/h5-13,18-19,35,39H,14-17,20-21H2,1-4H3,(H,36,40). The SMILES string of the molecule is Cn1cc(-c2cccc(NC(=O)c3ccc(C(C)(C)C)cc3)c2CO)cc(NC2=CC=C(C(=O)N3CCOCC3)CO2)c1=O. The van der Waals surface area contributed by atoms with Crippen LogP contribution in [0.25, 0.3) is 11.1 Å². The number of aryl methyl sites for hydroxylation is 1. The van der Waals surface area contributed by atoms with Crippen molar-refractivity contribution >= 4 is 23.2 Å². The molecule has 0 radical (unpaired) electrons.